The second-order valence-electron chi connectivity index (χ2n) is 4.14. The van der Waals surface area contributed by atoms with Gasteiger partial charge in [0.1, 0.15) is 11.6 Å². The number of benzene rings is 2. The van der Waals surface area contributed by atoms with E-state index >= 15 is 0 Å². The molecule has 1 heterocycles. The summed E-state index contributed by atoms with van der Waals surface area (Å²) in [6.07, 6.45) is 0. The monoisotopic (exact) mass is 302 g/mol. The molecule has 2 aromatic carbocycles. The third-order valence-electron chi connectivity index (χ3n) is 2.99. The number of rotatable bonds is 1. The molecule has 0 atom stereocenters. The zero-order valence-corrected chi connectivity index (χ0v) is 11.3. The normalized spacial score (nSPS) is 11.0. The standard InChI is InChI=1S/C14H11BrN2O/c1-17-12-5-3-2-4-11(12)16-14(17)10-7-6-9(15)8-13(10)18/h2-8,18H,1H3. The maximum Gasteiger partial charge on any atom is 0.144 e. The molecule has 1 aromatic heterocycles. The molecule has 3 aromatic rings. The Morgan fingerprint density at radius 2 is 1.94 bits per heavy atom. The minimum atomic E-state index is 0.225. The minimum absolute atomic E-state index is 0.225. The van der Waals surface area contributed by atoms with E-state index in [2.05, 4.69) is 20.9 Å². The lowest BCUT2D eigenvalue weighted by molar-refractivity contribution is 0.476. The Bertz CT molecular complexity index is 734. The SMILES string of the molecule is Cn1c(-c2ccc(Br)cc2O)nc2ccccc21. The molecular weight excluding hydrogens is 292 g/mol. The smallest absolute Gasteiger partial charge is 0.144 e. The van der Waals surface area contributed by atoms with Gasteiger partial charge < -0.3 is 9.67 Å². The second-order valence-corrected chi connectivity index (χ2v) is 5.06. The van der Waals surface area contributed by atoms with Crippen LogP contribution in [0.4, 0.5) is 0 Å². The predicted molar refractivity (Wildman–Crippen MR) is 75.5 cm³/mol. The van der Waals surface area contributed by atoms with Crippen LogP contribution in [0.5, 0.6) is 5.75 Å². The van der Waals surface area contributed by atoms with E-state index in [1.165, 1.54) is 0 Å². The van der Waals surface area contributed by atoms with E-state index in [0.29, 0.717) is 0 Å². The number of aryl methyl sites for hydroxylation is 1. The summed E-state index contributed by atoms with van der Waals surface area (Å²) in [7, 11) is 1.95. The van der Waals surface area contributed by atoms with Gasteiger partial charge in [0.2, 0.25) is 0 Å². The highest BCUT2D eigenvalue weighted by Crippen LogP contribution is 2.32. The van der Waals surface area contributed by atoms with Crippen molar-refractivity contribution >= 4 is 27.0 Å². The number of nitrogens with zero attached hydrogens (tertiary/aromatic N) is 2. The number of aromatic nitrogens is 2. The molecule has 0 saturated carbocycles. The molecule has 0 spiro atoms. The Balaban J connectivity index is 2.28. The van der Waals surface area contributed by atoms with Gasteiger partial charge in [0, 0.05) is 11.5 Å². The maximum absolute atomic E-state index is 10.0. The van der Waals surface area contributed by atoms with E-state index in [0.717, 1.165) is 26.9 Å². The molecule has 1 N–H and O–H groups in total. The molecule has 0 aliphatic carbocycles. The summed E-state index contributed by atoms with van der Waals surface area (Å²) >= 11 is 3.33. The quantitative estimate of drug-likeness (QED) is 0.744. The number of para-hydroxylation sites is 2. The lowest BCUT2D eigenvalue weighted by Crippen LogP contribution is -1.92. The second kappa shape index (κ2) is 4.14. The first-order valence-electron chi connectivity index (χ1n) is 5.57. The van der Waals surface area contributed by atoms with Crippen molar-refractivity contribution < 1.29 is 5.11 Å². The van der Waals surface area contributed by atoms with E-state index in [4.69, 9.17) is 0 Å². The maximum atomic E-state index is 10.0. The zero-order chi connectivity index (χ0) is 12.7. The van der Waals surface area contributed by atoms with Crippen LogP contribution in [-0.2, 0) is 7.05 Å². The Hall–Kier alpha value is -1.81. The molecule has 0 amide bonds. The summed E-state index contributed by atoms with van der Waals surface area (Å²) < 4.78 is 2.83. The minimum Gasteiger partial charge on any atom is -0.507 e. The van der Waals surface area contributed by atoms with Crippen molar-refractivity contribution in [2.24, 2.45) is 7.05 Å². The van der Waals surface area contributed by atoms with Gasteiger partial charge in [0.25, 0.3) is 0 Å². The molecule has 0 aliphatic rings. The third kappa shape index (κ3) is 1.69. The number of fused-ring (bicyclic) bond motifs is 1. The molecule has 3 rings (SSSR count). The molecule has 0 bridgehead atoms. The summed E-state index contributed by atoms with van der Waals surface area (Å²) in [5.41, 5.74) is 2.71. The Kier molecular flexibility index (Phi) is 2.59. The van der Waals surface area contributed by atoms with Gasteiger partial charge in [-0.25, -0.2) is 4.98 Å². The molecule has 3 nitrogen and oxygen atoms in total. The van der Waals surface area contributed by atoms with Gasteiger partial charge in [-0.15, -0.1) is 0 Å². The average Bonchev–Trinajstić information content (AvgIpc) is 2.68. The third-order valence-corrected chi connectivity index (χ3v) is 3.48. The van der Waals surface area contributed by atoms with E-state index in [1.54, 1.807) is 6.07 Å². The molecule has 0 radical (unpaired) electrons. The van der Waals surface area contributed by atoms with Gasteiger partial charge in [-0.1, -0.05) is 28.1 Å². The number of halogens is 1. The fourth-order valence-corrected chi connectivity index (χ4v) is 2.43. The zero-order valence-electron chi connectivity index (χ0n) is 9.76. The van der Waals surface area contributed by atoms with Crippen molar-refractivity contribution in [2.45, 2.75) is 0 Å². The molecule has 0 aliphatic heterocycles. The first-order chi connectivity index (χ1) is 8.66. The highest BCUT2D eigenvalue weighted by Gasteiger charge is 2.12. The van der Waals surface area contributed by atoms with Crippen LogP contribution in [0.25, 0.3) is 22.4 Å². The van der Waals surface area contributed by atoms with Crippen LogP contribution in [0.3, 0.4) is 0 Å². The van der Waals surface area contributed by atoms with Crippen LogP contribution in [0, 0.1) is 0 Å². The fourth-order valence-electron chi connectivity index (χ4n) is 2.08. The number of imidazole rings is 1. The molecule has 4 heteroatoms. The van der Waals surface area contributed by atoms with Crippen molar-refractivity contribution in [1.82, 2.24) is 9.55 Å². The van der Waals surface area contributed by atoms with Crippen LogP contribution >= 0.6 is 15.9 Å². The molecule has 0 fully saturated rings. The van der Waals surface area contributed by atoms with Crippen molar-refractivity contribution in [3.05, 3.63) is 46.9 Å². The Morgan fingerprint density at radius 1 is 1.17 bits per heavy atom. The van der Waals surface area contributed by atoms with Crippen LogP contribution in [0.2, 0.25) is 0 Å². The number of aromatic hydroxyl groups is 1. The van der Waals surface area contributed by atoms with Crippen LogP contribution in [-0.4, -0.2) is 14.7 Å². The summed E-state index contributed by atoms with van der Waals surface area (Å²) in [6.45, 7) is 0. The molecular formula is C14H11BrN2O. The molecule has 0 saturated heterocycles. The van der Waals surface area contributed by atoms with Crippen molar-refractivity contribution in [2.75, 3.05) is 0 Å². The van der Waals surface area contributed by atoms with Gasteiger partial charge in [0.15, 0.2) is 0 Å². The lowest BCUT2D eigenvalue weighted by Gasteiger charge is -2.05. The largest absolute Gasteiger partial charge is 0.507 e. The van der Waals surface area contributed by atoms with Gasteiger partial charge in [-0.3, -0.25) is 0 Å². The van der Waals surface area contributed by atoms with Crippen LogP contribution < -0.4 is 0 Å². The average molecular weight is 303 g/mol. The number of phenols is 1. The fraction of sp³-hybridized carbons (Fsp3) is 0.0714. The first kappa shape index (κ1) is 11.3. The van der Waals surface area contributed by atoms with Crippen LogP contribution in [0.1, 0.15) is 0 Å². The number of hydrogen-bond acceptors (Lipinski definition) is 2. The van der Waals surface area contributed by atoms with Gasteiger partial charge >= 0.3 is 0 Å². The topological polar surface area (TPSA) is 38.0 Å². The molecule has 18 heavy (non-hydrogen) atoms. The molecule has 0 unspecified atom stereocenters. The Morgan fingerprint density at radius 3 is 2.67 bits per heavy atom. The summed E-state index contributed by atoms with van der Waals surface area (Å²) in [5, 5.41) is 10.0. The van der Waals surface area contributed by atoms with Gasteiger partial charge in [0.05, 0.1) is 16.6 Å². The lowest BCUT2D eigenvalue weighted by atomic mass is 10.2. The highest BCUT2D eigenvalue weighted by molar-refractivity contribution is 9.10. The summed E-state index contributed by atoms with van der Waals surface area (Å²) in [5.74, 6) is 0.990. The number of phenolic OH excluding ortho intramolecular Hbond substituents is 1. The summed E-state index contributed by atoms with van der Waals surface area (Å²) in [4.78, 5) is 4.56. The Labute approximate surface area is 113 Å². The van der Waals surface area contributed by atoms with E-state index < -0.39 is 0 Å². The highest BCUT2D eigenvalue weighted by atomic mass is 79.9. The summed E-state index contributed by atoms with van der Waals surface area (Å²) in [6, 6.07) is 13.4. The van der Waals surface area contributed by atoms with Crippen molar-refractivity contribution in [1.29, 1.82) is 0 Å². The molecule has 90 valence electrons. The van der Waals surface area contributed by atoms with E-state index in [1.807, 2.05) is 48.0 Å². The van der Waals surface area contributed by atoms with Crippen molar-refractivity contribution in [3.8, 4) is 17.1 Å². The van der Waals surface area contributed by atoms with Gasteiger partial charge in [-0.2, -0.15) is 0 Å². The van der Waals surface area contributed by atoms with Crippen molar-refractivity contribution in [3.63, 3.8) is 0 Å². The van der Waals surface area contributed by atoms with Gasteiger partial charge in [-0.05, 0) is 30.3 Å². The predicted octanol–water partition coefficient (Wildman–Crippen LogP) is 3.71. The number of hydrogen-bond donors (Lipinski definition) is 1. The van der Waals surface area contributed by atoms with E-state index in [-0.39, 0.29) is 5.75 Å². The van der Waals surface area contributed by atoms with Crippen LogP contribution in [0.15, 0.2) is 46.9 Å². The first-order valence-corrected chi connectivity index (χ1v) is 6.36. The van der Waals surface area contributed by atoms with E-state index in [9.17, 15) is 5.11 Å².